The van der Waals surface area contributed by atoms with E-state index in [9.17, 15) is 0 Å². The Morgan fingerprint density at radius 1 is 1.36 bits per heavy atom. The number of nitrogens with zero attached hydrogens (tertiary/aromatic N) is 1. The van der Waals surface area contributed by atoms with Gasteiger partial charge in [0.15, 0.2) is 0 Å². The second-order valence-electron chi connectivity index (χ2n) is 2.54. The van der Waals surface area contributed by atoms with Crippen LogP contribution in [0.25, 0.3) is 0 Å². The van der Waals surface area contributed by atoms with Crippen molar-refractivity contribution >= 4 is 12.4 Å². The molecule has 58 valence electrons. The van der Waals surface area contributed by atoms with Gasteiger partial charge in [0.05, 0.1) is 5.69 Å². The van der Waals surface area contributed by atoms with E-state index in [1.54, 1.807) is 0 Å². The molecule has 0 aliphatic carbocycles. The fraction of sp³-hybridized carbons (Fsp3) is 0.300. The molecule has 0 amide bonds. The zero-order valence-electron chi connectivity index (χ0n) is 6.88. The standard InChI is InChI=1S/C10H13N/c1-3-6-9-7-4-5-8-10(9)11-2/h4-5,7-8H,2-3,6H2,1H3. The molecule has 0 aromatic heterocycles. The third-order valence-corrected chi connectivity index (χ3v) is 1.68. The Hall–Kier alpha value is -1.11. The van der Waals surface area contributed by atoms with Gasteiger partial charge in [0.1, 0.15) is 0 Å². The molecule has 0 aliphatic rings. The summed E-state index contributed by atoms with van der Waals surface area (Å²) >= 11 is 0. The van der Waals surface area contributed by atoms with Gasteiger partial charge in [-0.25, -0.2) is 0 Å². The van der Waals surface area contributed by atoms with E-state index in [1.807, 2.05) is 18.2 Å². The highest BCUT2D eigenvalue weighted by atomic mass is 14.7. The van der Waals surface area contributed by atoms with Gasteiger partial charge in [-0.05, 0) is 24.8 Å². The lowest BCUT2D eigenvalue weighted by Crippen LogP contribution is -1.82. The second kappa shape index (κ2) is 3.91. The van der Waals surface area contributed by atoms with E-state index in [0.717, 1.165) is 18.5 Å². The molecular formula is C10H13N. The quantitative estimate of drug-likeness (QED) is 0.583. The van der Waals surface area contributed by atoms with E-state index >= 15 is 0 Å². The van der Waals surface area contributed by atoms with Crippen LogP contribution in [0, 0.1) is 0 Å². The van der Waals surface area contributed by atoms with Crippen molar-refractivity contribution in [3.8, 4) is 0 Å². The monoisotopic (exact) mass is 147 g/mol. The van der Waals surface area contributed by atoms with Gasteiger partial charge < -0.3 is 0 Å². The predicted molar refractivity (Wildman–Crippen MR) is 49.6 cm³/mol. The molecule has 0 aliphatic heterocycles. The van der Waals surface area contributed by atoms with E-state index in [4.69, 9.17) is 0 Å². The summed E-state index contributed by atoms with van der Waals surface area (Å²) in [5.41, 5.74) is 2.32. The van der Waals surface area contributed by atoms with Crippen LogP contribution in [0.4, 0.5) is 5.69 Å². The van der Waals surface area contributed by atoms with Gasteiger partial charge >= 0.3 is 0 Å². The zero-order chi connectivity index (χ0) is 8.10. The van der Waals surface area contributed by atoms with Crippen LogP contribution in [0.3, 0.4) is 0 Å². The topological polar surface area (TPSA) is 12.4 Å². The van der Waals surface area contributed by atoms with E-state index in [2.05, 4.69) is 24.7 Å². The van der Waals surface area contributed by atoms with Crippen LogP contribution in [-0.4, -0.2) is 6.72 Å². The summed E-state index contributed by atoms with van der Waals surface area (Å²) in [6, 6.07) is 8.13. The molecule has 1 nitrogen and oxygen atoms in total. The van der Waals surface area contributed by atoms with Crippen molar-refractivity contribution in [2.75, 3.05) is 0 Å². The average molecular weight is 147 g/mol. The fourth-order valence-corrected chi connectivity index (χ4v) is 1.15. The van der Waals surface area contributed by atoms with E-state index in [-0.39, 0.29) is 0 Å². The number of hydrogen-bond donors (Lipinski definition) is 0. The average Bonchev–Trinajstić information content (AvgIpc) is 2.06. The number of para-hydroxylation sites is 1. The Bertz CT molecular complexity index is 240. The molecule has 0 bridgehead atoms. The Balaban J connectivity index is 2.92. The molecule has 0 radical (unpaired) electrons. The zero-order valence-corrected chi connectivity index (χ0v) is 6.88. The number of hydrogen-bond acceptors (Lipinski definition) is 1. The molecule has 0 atom stereocenters. The maximum absolute atomic E-state index is 3.94. The molecule has 0 saturated heterocycles. The minimum atomic E-state index is 1.02. The van der Waals surface area contributed by atoms with Crippen molar-refractivity contribution in [2.24, 2.45) is 4.99 Å². The van der Waals surface area contributed by atoms with Crippen molar-refractivity contribution in [1.82, 2.24) is 0 Å². The molecule has 0 heterocycles. The predicted octanol–water partition coefficient (Wildman–Crippen LogP) is 2.97. The SMILES string of the molecule is C=Nc1ccccc1CCC. The first-order valence-electron chi connectivity index (χ1n) is 3.93. The van der Waals surface area contributed by atoms with Gasteiger partial charge in [0, 0.05) is 0 Å². The van der Waals surface area contributed by atoms with Crippen molar-refractivity contribution in [3.05, 3.63) is 29.8 Å². The van der Waals surface area contributed by atoms with Crippen molar-refractivity contribution in [1.29, 1.82) is 0 Å². The molecule has 1 aromatic carbocycles. The molecule has 0 unspecified atom stereocenters. The largest absolute Gasteiger partial charge is 0.264 e. The summed E-state index contributed by atoms with van der Waals surface area (Å²) in [5.74, 6) is 0. The smallest absolute Gasteiger partial charge is 0.0654 e. The molecule has 0 N–H and O–H groups in total. The summed E-state index contributed by atoms with van der Waals surface area (Å²) in [4.78, 5) is 3.94. The third-order valence-electron chi connectivity index (χ3n) is 1.68. The number of aryl methyl sites for hydroxylation is 1. The van der Waals surface area contributed by atoms with Crippen LogP contribution >= 0.6 is 0 Å². The van der Waals surface area contributed by atoms with E-state index in [1.165, 1.54) is 5.56 Å². The summed E-state index contributed by atoms with van der Waals surface area (Å²) in [7, 11) is 0. The molecule has 0 spiro atoms. The number of aliphatic imine (C=N–C) groups is 1. The first-order valence-corrected chi connectivity index (χ1v) is 3.93. The molecular weight excluding hydrogens is 134 g/mol. The first-order chi connectivity index (χ1) is 5.38. The summed E-state index contributed by atoms with van der Waals surface area (Å²) in [5, 5.41) is 0. The van der Waals surface area contributed by atoms with Crippen LogP contribution in [-0.2, 0) is 6.42 Å². The molecule has 1 aromatic rings. The highest BCUT2D eigenvalue weighted by Crippen LogP contribution is 2.18. The van der Waals surface area contributed by atoms with Crippen molar-refractivity contribution in [3.63, 3.8) is 0 Å². The first kappa shape index (κ1) is 7.99. The molecule has 11 heavy (non-hydrogen) atoms. The Kier molecular flexibility index (Phi) is 2.84. The van der Waals surface area contributed by atoms with Crippen molar-refractivity contribution in [2.45, 2.75) is 19.8 Å². The van der Waals surface area contributed by atoms with Crippen molar-refractivity contribution < 1.29 is 0 Å². The maximum atomic E-state index is 3.94. The molecule has 1 rings (SSSR count). The Labute approximate surface area is 67.8 Å². The number of benzene rings is 1. The Morgan fingerprint density at radius 2 is 2.09 bits per heavy atom. The molecule has 1 heteroatoms. The van der Waals surface area contributed by atoms with Crippen LogP contribution < -0.4 is 0 Å². The maximum Gasteiger partial charge on any atom is 0.0654 e. The van der Waals surface area contributed by atoms with E-state index < -0.39 is 0 Å². The van der Waals surface area contributed by atoms with Gasteiger partial charge in [-0.1, -0.05) is 31.5 Å². The highest BCUT2D eigenvalue weighted by Gasteiger charge is 1.95. The van der Waals surface area contributed by atoms with Gasteiger partial charge in [0.2, 0.25) is 0 Å². The Morgan fingerprint density at radius 3 is 2.73 bits per heavy atom. The lowest BCUT2D eigenvalue weighted by molar-refractivity contribution is 0.922. The fourth-order valence-electron chi connectivity index (χ4n) is 1.15. The molecule has 0 saturated carbocycles. The summed E-state index contributed by atoms with van der Waals surface area (Å²) in [6.45, 7) is 5.69. The van der Waals surface area contributed by atoms with E-state index in [0.29, 0.717) is 0 Å². The summed E-state index contributed by atoms with van der Waals surface area (Å²) < 4.78 is 0. The summed E-state index contributed by atoms with van der Waals surface area (Å²) in [6.07, 6.45) is 2.25. The van der Waals surface area contributed by atoms with Gasteiger partial charge in [-0.2, -0.15) is 0 Å². The van der Waals surface area contributed by atoms with Gasteiger partial charge in [0.25, 0.3) is 0 Å². The minimum absolute atomic E-state index is 1.02. The lowest BCUT2D eigenvalue weighted by atomic mass is 10.1. The lowest BCUT2D eigenvalue weighted by Gasteiger charge is -2.01. The normalized spacial score (nSPS) is 9.55. The van der Waals surface area contributed by atoms with Gasteiger partial charge in [-0.15, -0.1) is 0 Å². The van der Waals surface area contributed by atoms with Crippen LogP contribution in [0.2, 0.25) is 0 Å². The molecule has 0 fully saturated rings. The highest BCUT2D eigenvalue weighted by molar-refractivity contribution is 5.51. The van der Waals surface area contributed by atoms with Gasteiger partial charge in [-0.3, -0.25) is 4.99 Å². The van der Waals surface area contributed by atoms with Crippen LogP contribution in [0.5, 0.6) is 0 Å². The van der Waals surface area contributed by atoms with Crippen LogP contribution in [0.1, 0.15) is 18.9 Å². The second-order valence-corrected chi connectivity index (χ2v) is 2.54. The third kappa shape index (κ3) is 1.90. The number of rotatable bonds is 3. The minimum Gasteiger partial charge on any atom is -0.264 e. The van der Waals surface area contributed by atoms with Crippen LogP contribution in [0.15, 0.2) is 29.3 Å².